The van der Waals surface area contributed by atoms with Gasteiger partial charge in [0.1, 0.15) is 0 Å². The number of benzene rings is 3. The monoisotopic (exact) mass is 530 g/mol. The minimum absolute atomic E-state index is 0.0845. The number of ether oxygens (including phenoxy) is 3. The Morgan fingerprint density at radius 3 is 1.59 bits per heavy atom. The SMILES string of the molecule is CC(C)(C)OCOC(=O)C[C@@H]1CNC[C@H](CC(=O)OC(c2ccccc2)(c2ccccc2)c2ccccc2)N1. The average molecular weight is 531 g/mol. The largest absolute Gasteiger partial charge is 0.444 e. The predicted octanol–water partition coefficient (Wildman–Crippen LogP) is 4.55. The van der Waals surface area contributed by atoms with Crippen molar-refractivity contribution in [1.82, 2.24) is 10.6 Å². The van der Waals surface area contributed by atoms with Gasteiger partial charge in [-0.1, -0.05) is 91.0 Å². The molecule has 1 aliphatic heterocycles. The fraction of sp³-hybridized carbons (Fsp3) is 0.375. The van der Waals surface area contributed by atoms with Crippen LogP contribution >= 0.6 is 0 Å². The number of piperazine rings is 1. The number of esters is 2. The molecular formula is C32H38N2O5. The maximum Gasteiger partial charge on any atom is 0.309 e. The Labute approximate surface area is 230 Å². The summed E-state index contributed by atoms with van der Waals surface area (Å²) >= 11 is 0. The second kappa shape index (κ2) is 13.0. The molecule has 1 fully saturated rings. The summed E-state index contributed by atoms with van der Waals surface area (Å²) in [5.74, 6) is -0.689. The molecule has 3 aromatic carbocycles. The fourth-order valence-corrected chi connectivity index (χ4v) is 4.79. The van der Waals surface area contributed by atoms with Crippen LogP contribution in [0.3, 0.4) is 0 Å². The van der Waals surface area contributed by atoms with E-state index in [-0.39, 0.29) is 49.3 Å². The lowest BCUT2D eigenvalue weighted by molar-refractivity contribution is -0.167. The van der Waals surface area contributed by atoms with Gasteiger partial charge in [0, 0.05) is 41.9 Å². The lowest BCUT2D eigenvalue weighted by Crippen LogP contribution is -2.56. The smallest absolute Gasteiger partial charge is 0.309 e. The lowest BCUT2D eigenvalue weighted by atomic mass is 9.80. The molecule has 0 bridgehead atoms. The van der Waals surface area contributed by atoms with Crippen molar-refractivity contribution in [3.63, 3.8) is 0 Å². The minimum Gasteiger partial charge on any atom is -0.444 e. The number of rotatable bonds is 10. The number of nitrogens with one attached hydrogen (secondary N) is 2. The summed E-state index contributed by atoms with van der Waals surface area (Å²) in [6, 6.07) is 29.1. The van der Waals surface area contributed by atoms with E-state index in [1.807, 2.05) is 112 Å². The molecule has 206 valence electrons. The Hall–Kier alpha value is -3.52. The van der Waals surface area contributed by atoms with Crippen molar-refractivity contribution in [2.75, 3.05) is 19.9 Å². The van der Waals surface area contributed by atoms with Crippen LogP contribution in [-0.4, -0.2) is 49.5 Å². The summed E-state index contributed by atoms with van der Waals surface area (Å²) in [6.07, 6.45) is 0.313. The average Bonchev–Trinajstić information content (AvgIpc) is 2.92. The molecule has 0 aliphatic carbocycles. The summed E-state index contributed by atoms with van der Waals surface area (Å²) in [7, 11) is 0. The van der Waals surface area contributed by atoms with Crippen molar-refractivity contribution in [2.45, 2.75) is 56.9 Å². The molecule has 1 aliphatic rings. The van der Waals surface area contributed by atoms with Gasteiger partial charge >= 0.3 is 11.9 Å². The van der Waals surface area contributed by atoms with Crippen LogP contribution in [0.25, 0.3) is 0 Å². The molecule has 7 nitrogen and oxygen atoms in total. The maximum atomic E-state index is 13.6. The molecule has 39 heavy (non-hydrogen) atoms. The zero-order valence-corrected chi connectivity index (χ0v) is 22.9. The van der Waals surface area contributed by atoms with Gasteiger partial charge in [0.15, 0.2) is 12.4 Å². The van der Waals surface area contributed by atoms with E-state index < -0.39 is 5.60 Å². The first-order valence-electron chi connectivity index (χ1n) is 13.4. The zero-order chi connectivity index (χ0) is 27.7. The molecule has 0 saturated carbocycles. The van der Waals surface area contributed by atoms with Gasteiger partial charge in [-0.15, -0.1) is 0 Å². The molecule has 2 N–H and O–H groups in total. The normalized spacial score (nSPS) is 17.8. The Bertz CT molecular complexity index is 1100. The highest BCUT2D eigenvalue weighted by molar-refractivity contribution is 5.73. The lowest BCUT2D eigenvalue weighted by Gasteiger charge is -2.36. The molecule has 2 atom stereocenters. The van der Waals surface area contributed by atoms with Gasteiger partial charge in [0.2, 0.25) is 0 Å². The third kappa shape index (κ3) is 7.76. The van der Waals surface area contributed by atoms with Gasteiger partial charge in [-0.3, -0.25) is 9.59 Å². The van der Waals surface area contributed by atoms with Crippen LogP contribution in [0, 0.1) is 0 Å². The molecule has 1 heterocycles. The number of hydrogen-bond donors (Lipinski definition) is 2. The molecule has 4 rings (SSSR count). The van der Waals surface area contributed by atoms with E-state index in [4.69, 9.17) is 14.2 Å². The zero-order valence-electron chi connectivity index (χ0n) is 22.9. The number of hydrogen-bond acceptors (Lipinski definition) is 7. The van der Waals surface area contributed by atoms with Crippen LogP contribution in [0.2, 0.25) is 0 Å². The first kappa shape index (κ1) is 28.5. The van der Waals surface area contributed by atoms with E-state index in [0.29, 0.717) is 13.1 Å². The molecule has 1 saturated heterocycles. The van der Waals surface area contributed by atoms with Gasteiger partial charge in [-0.05, 0) is 20.8 Å². The second-order valence-electron chi connectivity index (χ2n) is 10.8. The van der Waals surface area contributed by atoms with Gasteiger partial charge in [0.25, 0.3) is 0 Å². The Balaban J connectivity index is 1.49. The second-order valence-corrected chi connectivity index (χ2v) is 10.8. The quantitative estimate of drug-likeness (QED) is 0.226. The van der Waals surface area contributed by atoms with E-state index in [1.165, 1.54) is 0 Å². The minimum atomic E-state index is -1.11. The van der Waals surface area contributed by atoms with Crippen molar-refractivity contribution < 1.29 is 23.8 Å². The van der Waals surface area contributed by atoms with Gasteiger partial charge < -0.3 is 24.8 Å². The standard InChI is InChI=1S/C32H38N2O5/c1-31(2,3)38-23-37-29(35)19-27-21-33-22-28(34-27)20-30(36)39-32(24-13-7-4-8-14-24,25-15-9-5-10-16-25)26-17-11-6-12-18-26/h4-18,27-28,33-34H,19-23H2,1-3H3/t27-,28+/m1/s1. The highest BCUT2D eigenvalue weighted by atomic mass is 16.7. The molecular weight excluding hydrogens is 492 g/mol. The van der Waals surface area contributed by atoms with E-state index in [0.717, 1.165) is 16.7 Å². The highest BCUT2D eigenvalue weighted by Crippen LogP contribution is 2.40. The van der Waals surface area contributed by atoms with Crippen molar-refractivity contribution in [3.05, 3.63) is 108 Å². The Kier molecular flexibility index (Phi) is 9.51. The van der Waals surface area contributed by atoms with Crippen molar-refractivity contribution in [2.24, 2.45) is 0 Å². The summed E-state index contributed by atoms with van der Waals surface area (Å²) < 4.78 is 17.2. The van der Waals surface area contributed by atoms with Crippen LogP contribution in [0.4, 0.5) is 0 Å². The van der Waals surface area contributed by atoms with Crippen molar-refractivity contribution in [3.8, 4) is 0 Å². The summed E-state index contributed by atoms with van der Waals surface area (Å²) in [5.41, 5.74) is 1.10. The molecule has 0 unspecified atom stereocenters. The van der Waals surface area contributed by atoms with Crippen LogP contribution in [-0.2, 0) is 29.4 Å². The van der Waals surface area contributed by atoms with Crippen LogP contribution in [0.1, 0.15) is 50.3 Å². The summed E-state index contributed by atoms with van der Waals surface area (Å²) in [4.78, 5) is 25.9. The van der Waals surface area contributed by atoms with Gasteiger partial charge in [-0.2, -0.15) is 0 Å². The molecule has 0 radical (unpaired) electrons. The predicted molar refractivity (Wildman–Crippen MR) is 150 cm³/mol. The Morgan fingerprint density at radius 1 is 0.718 bits per heavy atom. The first-order valence-corrected chi connectivity index (χ1v) is 13.4. The van der Waals surface area contributed by atoms with Crippen molar-refractivity contribution >= 4 is 11.9 Å². The van der Waals surface area contributed by atoms with Crippen LogP contribution in [0.5, 0.6) is 0 Å². The third-order valence-electron chi connectivity index (χ3n) is 6.60. The topological polar surface area (TPSA) is 85.9 Å². The summed E-state index contributed by atoms with van der Waals surface area (Å²) in [6.45, 7) is 6.81. The van der Waals surface area contributed by atoms with E-state index in [9.17, 15) is 9.59 Å². The molecule has 0 aromatic heterocycles. The summed E-state index contributed by atoms with van der Waals surface area (Å²) in [5, 5.41) is 6.75. The Morgan fingerprint density at radius 2 is 1.15 bits per heavy atom. The van der Waals surface area contributed by atoms with E-state index in [1.54, 1.807) is 0 Å². The van der Waals surface area contributed by atoms with Crippen molar-refractivity contribution in [1.29, 1.82) is 0 Å². The molecule has 7 heteroatoms. The van der Waals surface area contributed by atoms with E-state index in [2.05, 4.69) is 10.6 Å². The third-order valence-corrected chi connectivity index (χ3v) is 6.60. The first-order chi connectivity index (χ1) is 18.8. The van der Waals surface area contributed by atoms with Crippen LogP contribution in [0.15, 0.2) is 91.0 Å². The molecule has 3 aromatic rings. The van der Waals surface area contributed by atoms with Gasteiger partial charge in [0.05, 0.1) is 18.4 Å². The maximum absolute atomic E-state index is 13.6. The van der Waals surface area contributed by atoms with Gasteiger partial charge in [-0.25, -0.2) is 0 Å². The fourth-order valence-electron chi connectivity index (χ4n) is 4.79. The highest BCUT2D eigenvalue weighted by Gasteiger charge is 2.41. The van der Waals surface area contributed by atoms with E-state index >= 15 is 0 Å². The molecule has 0 amide bonds. The number of carbonyl (C=O) groups excluding carboxylic acids is 2. The molecule has 0 spiro atoms. The number of carbonyl (C=O) groups is 2. The van der Waals surface area contributed by atoms with Crippen LogP contribution < -0.4 is 10.6 Å².